The van der Waals surface area contributed by atoms with Crippen molar-refractivity contribution in [2.45, 2.75) is 13.1 Å². The zero-order chi connectivity index (χ0) is 21.9. The second-order valence-electron chi connectivity index (χ2n) is 6.35. The van der Waals surface area contributed by atoms with Crippen molar-refractivity contribution in [1.29, 1.82) is 0 Å². The lowest BCUT2D eigenvalue weighted by Gasteiger charge is -2.12. The van der Waals surface area contributed by atoms with Crippen LogP contribution in [0.5, 0.6) is 5.75 Å². The van der Waals surface area contributed by atoms with Crippen LogP contribution in [0.25, 0.3) is 11.1 Å². The van der Waals surface area contributed by atoms with Gasteiger partial charge < -0.3 is 10.1 Å². The van der Waals surface area contributed by atoms with Crippen LogP contribution >= 0.6 is 11.6 Å². The largest absolute Gasteiger partial charge is 0.427 e. The number of carbonyl (C=O) groups excluding carboxylic acids is 2. The minimum Gasteiger partial charge on any atom is -0.427 e. The average Bonchev–Trinajstić information content (AvgIpc) is 2.69. The van der Waals surface area contributed by atoms with Crippen LogP contribution in [0.1, 0.15) is 22.8 Å². The Kier molecular flexibility index (Phi) is 6.12. The Balaban J connectivity index is 1.82. The first-order chi connectivity index (χ1) is 14.1. The maximum atomic E-state index is 12.9. The molecule has 0 saturated carbocycles. The fourth-order valence-corrected chi connectivity index (χ4v) is 2.88. The number of hydrogen-bond acceptors (Lipinski definition) is 3. The van der Waals surface area contributed by atoms with Crippen molar-refractivity contribution in [3.05, 3.63) is 82.9 Å². The predicted molar refractivity (Wildman–Crippen MR) is 108 cm³/mol. The summed E-state index contributed by atoms with van der Waals surface area (Å²) >= 11 is 5.94. The summed E-state index contributed by atoms with van der Waals surface area (Å²) in [5.41, 5.74) is 0.659. The molecule has 0 aromatic heterocycles. The van der Waals surface area contributed by atoms with Crippen LogP contribution in [0.15, 0.2) is 66.7 Å². The molecule has 3 rings (SSSR count). The summed E-state index contributed by atoms with van der Waals surface area (Å²) in [7, 11) is 0. The van der Waals surface area contributed by atoms with Gasteiger partial charge in [0, 0.05) is 12.5 Å². The standard InChI is InChI=1S/C22H15ClF3NO3/c1-13(28)30-18-8-5-14(6-9-18)15-3-2-4-16(11-15)21(29)27-20-12-17(22(24,25)26)7-10-19(20)23/h2-12H,1H3,(H,27,29). The van der Waals surface area contributed by atoms with E-state index in [4.69, 9.17) is 16.3 Å². The van der Waals surface area contributed by atoms with E-state index in [-0.39, 0.29) is 16.3 Å². The molecule has 0 atom stereocenters. The number of alkyl halides is 3. The second-order valence-corrected chi connectivity index (χ2v) is 6.75. The molecule has 3 aromatic rings. The van der Waals surface area contributed by atoms with E-state index in [1.54, 1.807) is 42.5 Å². The van der Waals surface area contributed by atoms with Gasteiger partial charge in [-0.1, -0.05) is 35.9 Å². The highest BCUT2D eigenvalue weighted by atomic mass is 35.5. The Hall–Kier alpha value is -3.32. The van der Waals surface area contributed by atoms with E-state index in [9.17, 15) is 22.8 Å². The topological polar surface area (TPSA) is 55.4 Å². The number of rotatable bonds is 4. The molecular weight excluding hydrogens is 419 g/mol. The highest BCUT2D eigenvalue weighted by molar-refractivity contribution is 6.34. The van der Waals surface area contributed by atoms with Gasteiger partial charge in [0.2, 0.25) is 0 Å². The van der Waals surface area contributed by atoms with Crippen molar-refractivity contribution in [2.24, 2.45) is 0 Å². The van der Waals surface area contributed by atoms with Gasteiger partial charge in [0.1, 0.15) is 5.75 Å². The van der Waals surface area contributed by atoms with Gasteiger partial charge in [-0.3, -0.25) is 9.59 Å². The van der Waals surface area contributed by atoms with Crippen molar-refractivity contribution >= 4 is 29.2 Å². The number of amides is 1. The van der Waals surface area contributed by atoms with Gasteiger partial charge in [0.25, 0.3) is 5.91 Å². The monoisotopic (exact) mass is 433 g/mol. The lowest BCUT2D eigenvalue weighted by atomic mass is 10.0. The van der Waals surface area contributed by atoms with E-state index >= 15 is 0 Å². The Morgan fingerprint density at radius 3 is 2.27 bits per heavy atom. The molecule has 0 aliphatic rings. The molecule has 0 spiro atoms. The summed E-state index contributed by atoms with van der Waals surface area (Å²) < 4.78 is 43.7. The third-order valence-electron chi connectivity index (χ3n) is 4.12. The van der Waals surface area contributed by atoms with E-state index in [0.29, 0.717) is 11.3 Å². The van der Waals surface area contributed by atoms with Crippen LogP contribution < -0.4 is 10.1 Å². The summed E-state index contributed by atoms with van der Waals surface area (Å²) in [6, 6.07) is 15.9. The summed E-state index contributed by atoms with van der Waals surface area (Å²) in [4.78, 5) is 23.6. The maximum Gasteiger partial charge on any atom is 0.416 e. The number of benzene rings is 3. The molecule has 3 aromatic carbocycles. The summed E-state index contributed by atoms with van der Waals surface area (Å²) in [6.45, 7) is 1.30. The molecule has 0 saturated heterocycles. The second kappa shape index (κ2) is 8.59. The SMILES string of the molecule is CC(=O)Oc1ccc(-c2cccc(C(=O)Nc3cc(C(F)(F)F)ccc3Cl)c2)cc1. The van der Waals surface area contributed by atoms with Crippen LogP contribution in [0, 0.1) is 0 Å². The molecule has 8 heteroatoms. The van der Waals surface area contributed by atoms with Crippen LogP contribution in [0.4, 0.5) is 18.9 Å². The van der Waals surface area contributed by atoms with E-state index in [1.165, 1.54) is 13.0 Å². The van der Waals surface area contributed by atoms with Crippen molar-refractivity contribution in [3.8, 4) is 16.9 Å². The molecule has 1 amide bonds. The number of halogens is 4. The summed E-state index contributed by atoms with van der Waals surface area (Å²) in [5, 5.41) is 2.41. The third-order valence-corrected chi connectivity index (χ3v) is 4.45. The van der Waals surface area contributed by atoms with Gasteiger partial charge in [-0.2, -0.15) is 13.2 Å². The smallest absolute Gasteiger partial charge is 0.416 e. The van der Waals surface area contributed by atoms with Crippen LogP contribution in [-0.4, -0.2) is 11.9 Å². The van der Waals surface area contributed by atoms with Crippen LogP contribution in [0.2, 0.25) is 5.02 Å². The lowest BCUT2D eigenvalue weighted by Crippen LogP contribution is -2.13. The van der Waals surface area contributed by atoms with E-state index in [0.717, 1.165) is 23.8 Å². The quantitative estimate of drug-likeness (QED) is 0.393. The molecule has 0 radical (unpaired) electrons. The van der Waals surface area contributed by atoms with Crippen LogP contribution in [-0.2, 0) is 11.0 Å². The molecule has 0 bridgehead atoms. The van der Waals surface area contributed by atoms with Gasteiger partial charge >= 0.3 is 12.1 Å². The fraction of sp³-hybridized carbons (Fsp3) is 0.0909. The first kappa shape index (κ1) is 21.4. The Morgan fingerprint density at radius 2 is 1.63 bits per heavy atom. The number of hydrogen-bond donors (Lipinski definition) is 1. The van der Waals surface area contributed by atoms with Gasteiger partial charge in [-0.05, 0) is 53.6 Å². The van der Waals surface area contributed by atoms with E-state index in [2.05, 4.69) is 5.32 Å². The maximum absolute atomic E-state index is 12.9. The Morgan fingerprint density at radius 1 is 0.933 bits per heavy atom. The molecular formula is C22H15ClF3NO3. The normalized spacial score (nSPS) is 11.1. The number of anilines is 1. The van der Waals surface area contributed by atoms with Crippen LogP contribution in [0.3, 0.4) is 0 Å². The Labute approximate surface area is 175 Å². The molecule has 1 N–H and O–H groups in total. The molecule has 30 heavy (non-hydrogen) atoms. The van der Waals surface area contributed by atoms with Gasteiger partial charge in [-0.25, -0.2) is 0 Å². The van der Waals surface area contributed by atoms with Gasteiger partial charge in [-0.15, -0.1) is 0 Å². The molecule has 4 nitrogen and oxygen atoms in total. The highest BCUT2D eigenvalue weighted by Crippen LogP contribution is 2.34. The number of ether oxygens (including phenoxy) is 1. The summed E-state index contributed by atoms with van der Waals surface area (Å²) in [6.07, 6.45) is -4.55. The summed E-state index contributed by atoms with van der Waals surface area (Å²) in [5.74, 6) is -0.649. The predicted octanol–water partition coefficient (Wildman–Crippen LogP) is 6.20. The van der Waals surface area contributed by atoms with Crippen molar-refractivity contribution in [3.63, 3.8) is 0 Å². The highest BCUT2D eigenvalue weighted by Gasteiger charge is 2.31. The molecule has 0 heterocycles. The minimum atomic E-state index is -4.55. The van der Waals surface area contributed by atoms with E-state index in [1.807, 2.05) is 0 Å². The number of esters is 1. The molecule has 0 aliphatic heterocycles. The van der Waals surface area contributed by atoms with Crippen molar-refractivity contribution in [1.82, 2.24) is 0 Å². The molecule has 0 fully saturated rings. The molecule has 0 unspecified atom stereocenters. The van der Waals surface area contributed by atoms with Crippen molar-refractivity contribution < 1.29 is 27.5 Å². The van der Waals surface area contributed by atoms with Gasteiger partial charge in [0.15, 0.2) is 0 Å². The first-order valence-electron chi connectivity index (χ1n) is 8.70. The zero-order valence-electron chi connectivity index (χ0n) is 15.6. The van der Waals surface area contributed by atoms with E-state index < -0.39 is 23.6 Å². The fourth-order valence-electron chi connectivity index (χ4n) is 2.71. The average molecular weight is 434 g/mol. The van der Waals surface area contributed by atoms with Gasteiger partial charge in [0.05, 0.1) is 16.3 Å². The lowest BCUT2D eigenvalue weighted by molar-refractivity contribution is -0.137. The first-order valence-corrected chi connectivity index (χ1v) is 9.08. The number of carbonyl (C=O) groups is 2. The molecule has 0 aliphatic carbocycles. The minimum absolute atomic E-state index is 0.00596. The Bertz CT molecular complexity index is 1100. The third kappa shape index (κ3) is 5.18. The zero-order valence-corrected chi connectivity index (χ0v) is 16.3. The number of nitrogens with one attached hydrogen (secondary N) is 1. The van der Waals surface area contributed by atoms with Crippen molar-refractivity contribution in [2.75, 3.05) is 5.32 Å². The molecule has 154 valence electrons.